The zero-order valence-corrected chi connectivity index (χ0v) is 16.6. The summed E-state index contributed by atoms with van der Waals surface area (Å²) in [6, 6.07) is 0. The lowest BCUT2D eigenvalue weighted by Crippen LogP contribution is -2.47. The monoisotopic (exact) mass is 442 g/mol. The second-order valence-corrected chi connectivity index (χ2v) is 7.45. The minimum Gasteiger partial charge on any atom is -0.387 e. The van der Waals surface area contributed by atoms with Crippen molar-refractivity contribution in [3.63, 3.8) is 0 Å². The van der Waals surface area contributed by atoms with Crippen molar-refractivity contribution in [2.24, 2.45) is 4.99 Å². The van der Waals surface area contributed by atoms with Gasteiger partial charge in [0.25, 0.3) is 0 Å². The van der Waals surface area contributed by atoms with Crippen molar-refractivity contribution in [2.75, 3.05) is 25.1 Å². The van der Waals surface area contributed by atoms with Gasteiger partial charge in [-0.2, -0.15) is 11.8 Å². The zero-order valence-electron chi connectivity index (χ0n) is 12.6. The van der Waals surface area contributed by atoms with Crippen LogP contribution in [0.15, 0.2) is 4.99 Å². The standard InChI is InChI=1S/C13H22N4OS2.HI/c1-9-10(2)20-11(17-9)6-15-12(14-3)16-7-13(18)4-5-19-8-13;/h18H,4-8H2,1-3H3,(H2,14,15,16);1H. The molecule has 0 aromatic carbocycles. The molecule has 3 N–H and O–H groups in total. The molecule has 0 aliphatic carbocycles. The number of aromatic nitrogens is 1. The van der Waals surface area contributed by atoms with E-state index < -0.39 is 5.60 Å². The number of halogens is 1. The van der Waals surface area contributed by atoms with Crippen molar-refractivity contribution in [1.29, 1.82) is 0 Å². The molecule has 1 unspecified atom stereocenters. The van der Waals surface area contributed by atoms with E-state index in [0.29, 0.717) is 19.0 Å². The van der Waals surface area contributed by atoms with Gasteiger partial charge in [-0.05, 0) is 26.0 Å². The number of aliphatic hydroxyl groups is 1. The van der Waals surface area contributed by atoms with E-state index in [1.54, 1.807) is 30.1 Å². The van der Waals surface area contributed by atoms with E-state index in [1.165, 1.54) is 4.88 Å². The van der Waals surface area contributed by atoms with Crippen LogP contribution in [0.25, 0.3) is 0 Å². The molecule has 0 saturated carbocycles. The summed E-state index contributed by atoms with van der Waals surface area (Å²) in [5.74, 6) is 2.53. The lowest BCUT2D eigenvalue weighted by Gasteiger charge is -2.23. The normalized spacial score (nSPS) is 22.0. The molecule has 21 heavy (non-hydrogen) atoms. The fourth-order valence-corrected chi connectivity index (χ4v) is 4.15. The molecule has 1 aromatic rings. The van der Waals surface area contributed by atoms with E-state index in [2.05, 4.69) is 27.5 Å². The topological polar surface area (TPSA) is 69.5 Å². The molecular formula is C13H23IN4OS2. The SMILES string of the molecule is CN=C(NCc1nc(C)c(C)s1)NCC1(O)CCSC1.I. The van der Waals surface area contributed by atoms with E-state index in [9.17, 15) is 5.11 Å². The predicted octanol–water partition coefficient (Wildman–Crippen LogP) is 1.91. The van der Waals surface area contributed by atoms with Crippen LogP contribution >= 0.6 is 47.1 Å². The Labute approximate surface area is 151 Å². The minimum absolute atomic E-state index is 0. The van der Waals surface area contributed by atoms with Crippen molar-refractivity contribution in [1.82, 2.24) is 15.6 Å². The van der Waals surface area contributed by atoms with Gasteiger partial charge in [0, 0.05) is 24.2 Å². The first-order valence-corrected chi connectivity index (χ1v) is 8.67. The van der Waals surface area contributed by atoms with Crippen molar-refractivity contribution in [2.45, 2.75) is 32.4 Å². The third-order valence-corrected chi connectivity index (χ3v) is 5.68. The molecule has 8 heteroatoms. The maximum atomic E-state index is 10.3. The van der Waals surface area contributed by atoms with Gasteiger partial charge in [0.05, 0.1) is 17.8 Å². The summed E-state index contributed by atoms with van der Waals surface area (Å²) in [6.45, 7) is 5.30. The fraction of sp³-hybridized carbons (Fsp3) is 0.692. The maximum Gasteiger partial charge on any atom is 0.191 e. The van der Waals surface area contributed by atoms with Crippen LogP contribution in [0, 0.1) is 13.8 Å². The lowest BCUT2D eigenvalue weighted by atomic mass is 10.0. The average Bonchev–Trinajstić information content (AvgIpc) is 2.98. The van der Waals surface area contributed by atoms with Gasteiger partial charge in [0.1, 0.15) is 5.01 Å². The number of hydrogen-bond donors (Lipinski definition) is 3. The number of nitrogens with zero attached hydrogens (tertiary/aromatic N) is 2. The van der Waals surface area contributed by atoms with Crippen LogP contribution in [0.4, 0.5) is 0 Å². The Hall–Kier alpha value is -0.0600. The smallest absolute Gasteiger partial charge is 0.191 e. The largest absolute Gasteiger partial charge is 0.387 e. The fourth-order valence-electron chi connectivity index (χ4n) is 1.98. The van der Waals surface area contributed by atoms with E-state index >= 15 is 0 Å². The van der Waals surface area contributed by atoms with Gasteiger partial charge in [0.2, 0.25) is 0 Å². The van der Waals surface area contributed by atoms with Crippen LogP contribution in [-0.2, 0) is 6.54 Å². The first kappa shape index (κ1) is 19.0. The maximum absolute atomic E-state index is 10.3. The summed E-state index contributed by atoms with van der Waals surface area (Å²) in [5.41, 5.74) is 0.489. The summed E-state index contributed by atoms with van der Waals surface area (Å²) in [4.78, 5) is 9.92. The Morgan fingerprint density at radius 1 is 1.43 bits per heavy atom. The van der Waals surface area contributed by atoms with Gasteiger partial charge in [-0.25, -0.2) is 4.98 Å². The van der Waals surface area contributed by atoms with Crippen LogP contribution in [-0.4, -0.2) is 46.7 Å². The minimum atomic E-state index is -0.601. The molecule has 1 atom stereocenters. The number of rotatable bonds is 4. The van der Waals surface area contributed by atoms with E-state index in [0.717, 1.165) is 28.6 Å². The number of aryl methyl sites for hydroxylation is 2. The summed E-state index contributed by atoms with van der Waals surface area (Å²) >= 11 is 3.50. The van der Waals surface area contributed by atoms with Crippen molar-refractivity contribution >= 4 is 53.0 Å². The second kappa shape index (κ2) is 8.54. The molecule has 5 nitrogen and oxygen atoms in total. The van der Waals surface area contributed by atoms with Crippen LogP contribution in [0.1, 0.15) is 22.0 Å². The molecule has 0 radical (unpaired) electrons. The Balaban J connectivity index is 0.00000220. The molecule has 1 aliphatic rings. The number of hydrogen-bond acceptors (Lipinski definition) is 5. The van der Waals surface area contributed by atoms with Crippen molar-refractivity contribution in [3.05, 3.63) is 15.6 Å². The quantitative estimate of drug-likeness (QED) is 0.378. The molecule has 2 heterocycles. The number of nitrogens with one attached hydrogen (secondary N) is 2. The van der Waals surface area contributed by atoms with Gasteiger partial charge in [-0.1, -0.05) is 0 Å². The van der Waals surface area contributed by atoms with Gasteiger partial charge in [0.15, 0.2) is 5.96 Å². The highest BCUT2D eigenvalue weighted by molar-refractivity contribution is 14.0. The Morgan fingerprint density at radius 3 is 2.71 bits per heavy atom. The summed E-state index contributed by atoms with van der Waals surface area (Å²) in [6.07, 6.45) is 0.840. The van der Waals surface area contributed by atoms with Gasteiger partial charge >= 0.3 is 0 Å². The summed E-state index contributed by atoms with van der Waals surface area (Å²) in [7, 11) is 1.74. The first-order chi connectivity index (χ1) is 9.52. The molecule has 0 amide bonds. The molecule has 1 aliphatic heterocycles. The Kier molecular flexibility index (Phi) is 7.72. The molecule has 1 aromatic heterocycles. The van der Waals surface area contributed by atoms with Gasteiger partial charge in [-0.15, -0.1) is 35.3 Å². The van der Waals surface area contributed by atoms with Gasteiger partial charge in [-0.3, -0.25) is 4.99 Å². The zero-order chi connectivity index (χ0) is 14.6. The highest BCUT2D eigenvalue weighted by Crippen LogP contribution is 2.26. The third kappa shape index (κ3) is 5.57. The Morgan fingerprint density at radius 2 is 2.19 bits per heavy atom. The molecule has 2 rings (SSSR count). The van der Waals surface area contributed by atoms with Crippen molar-refractivity contribution < 1.29 is 5.11 Å². The summed E-state index contributed by atoms with van der Waals surface area (Å²) < 4.78 is 0. The van der Waals surface area contributed by atoms with Crippen LogP contribution < -0.4 is 10.6 Å². The van der Waals surface area contributed by atoms with Crippen molar-refractivity contribution in [3.8, 4) is 0 Å². The first-order valence-electron chi connectivity index (χ1n) is 6.70. The highest BCUT2D eigenvalue weighted by Gasteiger charge is 2.31. The highest BCUT2D eigenvalue weighted by atomic mass is 127. The van der Waals surface area contributed by atoms with E-state index in [1.807, 2.05) is 6.92 Å². The molecule has 120 valence electrons. The van der Waals surface area contributed by atoms with Crippen LogP contribution in [0.3, 0.4) is 0 Å². The number of thiazole rings is 1. The number of thioether (sulfide) groups is 1. The predicted molar refractivity (Wildman–Crippen MR) is 102 cm³/mol. The molecular weight excluding hydrogens is 419 g/mol. The van der Waals surface area contributed by atoms with Gasteiger partial charge < -0.3 is 15.7 Å². The Bertz CT molecular complexity index is 467. The van der Waals surface area contributed by atoms with Crippen LogP contribution in [0.2, 0.25) is 0 Å². The van der Waals surface area contributed by atoms with Crippen LogP contribution in [0.5, 0.6) is 0 Å². The molecule has 0 bridgehead atoms. The lowest BCUT2D eigenvalue weighted by molar-refractivity contribution is 0.0724. The molecule has 1 fully saturated rings. The average molecular weight is 442 g/mol. The number of aliphatic imine (C=N–C) groups is 1. The summed E-state index contributed by atoms with van der Waals surface area (Å²) in [5, 5.41) is 17.8. The molecule has 0 spiro atoms. The molecule has 1 saturated heterocycles. The second-order valence-electron chi connectivity index (χ2n) is 5.06. The van der Waals surface area contributed by atoms with E-state index in [4.69, 9.17) is 0 Å². The number of guanidine groups is 1. The third-order valence-electron chi connectivity index (χ3n) is 3.37. The van der Waals surface area contributed by atoms with E-state index in [-0.39, 0.29) is 24.0 Å².